The molecule has 0 saturated heterocycles. The van der Waals surface area contributed by atoms with E-state index in [-0.39, 0.29) is 5.56 Å². The average molecular weight is 389 g/mol. The van der Waals surface area contributed by atoms with Gasteiger partial charge in [-0.3, -0.25) is 4.79 Å². The van der Waals surface area contributed by atoms with Crippen molar-refractivity contribution >= 4 is 0 Å². The number of ether oxygens (including phenoxy) is 1. The van der Waals surface area contributed by atoms with Crippen LogP contribution in [0.15, 0.2) is 59.4 Å². The number of benzene rings is 2. The molecule has 3 aromatic rings. The van der Waals surface area contributed by atoms with Crippen molar-refractivity contribution in [3.05, 3.63) is 76.1 Å². The van der Waals surface area contributed by atoms with E-state index in [1.54, 1.807) is 6.07 Å². The van der Waals surface area contributed by atoms with Gasteiger partial charge in [0.05, 0.1) is 18.0 Å². The summed E-state index contributed by atoms with van der Waals surface area (Å²) in [7, 11) is 4.13. The molecule has 4 rings (SSSR count). The first-order chi connectivity index (χ1) is 14.0. The summed E-state index contributed by atoms with van der Waals surface area (Å²) in [6, 6.07) is 17.6. The normalized spacial score (nSPS) is 13.7. The van der Waals surface area contributed by atoms with Crippen molar-refractivity contribution in [1.82, 2.24) is 14.7 Å². The SMILES string of the molecule is CC(COc1ccc(-n2nc3c(cc2=O)CCc2ccccc2-3)cc1)CN(C)C. The third-order valence-electron chi connectivity index (χ3n) is 5.24. The fourth-order valence-electron chi connectivity index (χ4n) is 3.93. The maximum Gasteiger partial charge on any atom is 0.271 e. The topological polar surface area (TPSA) is 47.4 Å². The van der Waals surface area contributed by atoms with E-state index in [1.807, 2.05) is 30.3 Å². The van der Waals surface area contributed by atoms with Crippen molar-refractivity contribution in [3.63, 3.8) is 0 Å². The summed E-state index contributed by atoms with van der Waals surface area (Å²) in [6.07, 6.45) is 1.81. The number of fused-ring (bicyclic) bond motifs is 3. The molecule has 1 aliphatic carbocycles. The first kappa shape index (κ1) is 19.4. The fraction of sp³-hybridized carbons (Fsp3) is 0.333. The van der Waals surface area contributed by atoms with Crippen LogP contribution in [0.3, 0.4) is 0 Å². The molecule has 5 nitrogen and oxygen atoms in total. The van der Waals surface area contributed by atoms with Crippen LogP contribution in [-0.2, 0) is 12.8 Å². The molecule has 1 unspecified atom stereocenters. The van der Waals surface area contributed by atoms with E-state index in [2.05, 4.69) is 44.1 Å². The van der Waals surface area contributed by atoms with Crippen molar-refractivity contribution in [3.8, 4) is 22.7 Å². The van der Waals surface area contributed by atoms with Crippen LogP contribution in [-0.4, -0.2) is 41.9 Å². The molecule has 0 aliphatic heterocycles. The molecule has 0 amide bonds. The Hall–Kier alpha value is -2.92. The molecule has 0 spiro atoms. The van der Waals surface area contributed by atoms with Gasteiger partial charge in [0.1, 0.15) is 5.75 Å². The first-order valence-corrected chi connectivity index (χ1v) is 10.1. The third-order valence-corrected chi connectivity index (χ3v) is 5.24. The molecule has 0 saturated carbocycles. The third kappa shape index (κ3) is 4.25. The average Bonchev–Trinajstić information content (AvgIpc) is 2.71. The van der Waals surface area contributed by atoms with E-state index in [4.69, 9.17) is 9.84 Å². The standard InChI is InChI=1S/C24H27N3O2/c1-17(15-26(2)3)16-29-21-12-10-20(11-13-21)27-23(28)14-19-9-8-18-6-4-5-7-22(18)24(19)25-27/h4-7,10-14,17H,8-9,15-16H2,1-3H3. The van der Waals surface area contributed by atoms with E-state index in [1.165, 1.54) is 10.2 Å². The molecule has 1 heterocycles. The van der Waals surface area contributed by atoms with Crippen LogP contribution in [0.2, 0.25) is 0 Å². The lowest BCUT2D eigenvalue weighted by Gasteiger charge is -2.19. The van der Waals surface area contributed by atoms with Crippen LogP contribution in [0, 0.1) is 5.92 Å². The lowest BCUT2D eigenvalue weighted by molar-refractivity contribution is 0.222. The molecule has 5 heteroatoms. The molecule has 0 N–H and O–H groups in total. The lowest BCUT2D eigenvalue weighted by Crippen LogP contribution is -2.24. The number of aryl methyl sites for hydroxylation is 2. The summed E-state index contributed by atoms with van der Waals surface area (Å²) < 4.78 is 7.38. The Morgan fingerprint density at radius 2 is 1.79 bits per heavy atom. The number of nitrogens with zero attached hydrogens (tertiary/aromatic N) is 3. The Kier molecular flexibility index (Phi) is 5.49. The van der Waals surface area contributed by atoms with Gasteiger partial charge in [0.25, 0.3) is 5.56 Å². The van der Waals surface area contributed by atoms with Crippen LogP contribution < -0.4 is 10.3 Å². The smallest absolute Gasteiger partial charge is 0.271 e. The first-order valence-electron chi connectivity index (χ1n) is 10.1. The van der Waals surface area contributed by atoms with E-state index in [9.17, 15) is 4.79 Å². The molecule has 0 fully saturated rings. The van der Waals surface area contributed by atoms with Gasteiger partial charge in [-0.25, -0.2) is 0 Å². The molecule has 1 aliphatic rings. The van der Waals surface area contributed by atoms with Gasteiger partial charge in [-0.05, 0) is 62.3 Å². The number of hydrogen-bond donors (Lipinski definition) is 0. The minimum atomic E-state index is -0.101. The minimum Gasteiger partial charge on any atom is -0.493 e. The molecule has 1 atom stereocenters. The summed E-state index contributed by atoms with van der Waals surface area (Å²) in [4.78, 5) is 14.8. The Morgan fingerprint density at radius 3 is 2.55 bits per heavy atom. The Bertz CT molecular complexity index is 1050. The second kappa shape index (κ2) is 8.21. The van der Waals surface area contributed by atoms with Gasteiger partial charge in [-0.2, -0.15) is 9.78 Å². The van der Waals surface area contributed by atoms with Gasteiger partial charge >= 0.3 is 0 Å². The second-order valence-corrected chi connectivity index (χ2v) is 8.10. The molecular formula is C24H27N3O2. The van der Waals surface area contributed by atoms with Crippen molar-refractivity contribution in [2.75, 3.05) is 27.2 Å². The zero-order valence-corrected chi connectivity index (χ0v) is 17.3. The maximum atomic E-state index is 12.7. The van der Waals surface area contributed by atoms with Crippen LogP contribution in [0.4, 0.5) is 0 Å². The predicted molar refractivity (Wildman–Crippen MR) is 116 cm³/mol. The summed E-state index contributed by atoms with van der Waals surface area (Å²) in [5, 5.41) is 4.72. The van der Waals surface area contributed by atoms with Crippen molar-refractivity contribution < 1.29 is 4.74 Å². The van der Waals surface area contributed by atoms with Crippen molar-refractivity contribution in [2.24, 2.45) is 5.92 Å². The van der Waals surface area contributed by atoms with Gasteiger partial charge in [0.2, 0.25) is 0 Å². The fourth-order valence-corrected chi connectivity index (χ4v) is 3.93. The molecule has 150 valence electrons. The van der Waals surface area contributed by atoms with Gasteiger partial charge in [0, 0.05) is 24.1 Å². The van der Waals surface area contributed by atoms with Crippen LogP contribution in [0.25, 0.3) is 16.9 Å². The summed E-state index contributed by atoms with van der Waals surface area (Å²) >= 11 is 0. The van der Waals surface area contributed by atoms with E-state index >= 15 is 0 Å². The number of rotatable bonds is 6. The molecule has 0 radical (unpaired) electrons. The monoisotopic (exact) mass is 389 g/mol. The Balaban J connectivity index is 1.57. The molecule has 1 aromatic heterocycles. The Labute approximate surface area is 171 Å². The van der Waals surface area contributed by atoms with Crippen molar-refractivity contribution in [1.29, 1.82) is 0 Å². The molecule has 0 bridgehead atoms. The van der Waals surface area contributed by atoms with Crippen LogP contribution >= 0.6 is 0 Å². The van der Waals surface area contributed by atoms with Crippen LogP contribution in [0.1, 0.15) is 18.1 Å². The quantitative estimate of drug-likeness (QED) is 0.647. The largest absolute Gasteiger partial charge is 0.493 e. The number of aromatic nitrogens is 2. The highest BCUT2D eigenvalue weighted by Crippen LogP contribution is 2.30. The zero-order valence-electron chi connectivity index (χ0n) is 17.3. The highest BCUT2D eigenvalue weighted by atomic mass is 16.5. The molecule has 2 aromatic carbocycles. The van der Waals surface area contributed by atoms with Gasteiger partial charge < -0.3 is 9.64 Å². The highest BCUT2D eigenvalue weighted by Gasteiger charge is 2.19. The zero-order chi connectivity index (χ0) is 20.4. The maximum absolute atomic E-state index is 12.7. The second-order valence-electron chi connectivity index (χ2n) is 8.10. The highest BCUT2D eigenvalue weighted by molar-refractivity contribution is 5.69. The van der Waals surface area contributed by atoms with Crippen molar-refractivity contribution in [2.45, 2.75) is 19.8 Å². The van der Waals surface area contributed by atoms with E-state index in [0.717, 1.165) is 47.6 Å². The van der Waals surface area contributed by atoms with Gasteiger partial charge in [0.15, 0.2) is 0 Å². The van der Waals surface area contributed by atoms with Gasteiger partial charge in [-0.1, -0.05) is 31.2 Å². The predicted octanol–water partition coefficient (Wildman–Crippen LogP) is 3.57. The van der Waals surface area contributed by atoms with Crippen LogP contribution in [0.5, 0.6) is 5.75 Å². The van der Waals surface area contributed by atoms with E-state index < -0.39 is 0 Å². The minimum absolute atomic E-state index is 0.101. The van der Waals surface area contributed by atoms with E-state index in [0.29, 0.717) is 12.5 Å². The lowest BCUT2D eigenvalue weighted by atomic mass is 9.89. The summed E-state index contributed by atoms with van der Waals surface area (Å²) in [5.74, 6) is 1.24. The number of hydrogen-bond acceptors (Lipinski definition) is 4. The summed E-state index contributed by atoms with van der Waals surface area (Å²) in [6.45, 7) is 3.81. The molecule has 29 heavy (non-hydrogen) atoms. The molecular weight excluding hydrogens is 362 g/mol. The Morgan fingerprint density at radius 1 is 1.07 bits per heavy atom. The summed E-state index contributed by atoms with van der Waals surface area (Å²) in [5.41, 5.74) is 4.99. The van der Waals surface area contributed by atoms with Gasteiger partial charge in [-0.15, -0.1) is 0 Å².